The van der Waals surface area contributed by atoms with Crippen molar-refractivity contribution in [2.24, 2.45) is 0 Å². The summed E-state index contributed by atoms with van der Waals surface area (Å²) in [5, 5.41) is 0. The highest BCUT2D eigenvalue weighted by atomic mass is 32.2. The van der Waals surface area contributed by atoms with Crippen LogP contribution in [0.5, 0.6) is 5.75 Å². The Balaban J connectivity index is 2.55. The standard InChI is InChI=1S/C24H38O8S/c1-20(25)30-17-8-6-9-18-31-23-14-11-13-21(22(23)15-16-24(26)29-2)12-7-4-5-10-19-32-33(3,27)28/h11,13-14H,4-10,12,15-19H2,1-3H3. The van der Waals surface area contributed by atoms with Gasteiger partial charge < -0.3 is 14.2 Å². The molecular formula is C24H38O8S. The zero-order valence-electron chi connectivity index (χ0n) is 20.1. The fraction of sp³-hybridized carbons (Fsp3) is 0.667. The van der Waals surface area contributed by atoms with E-state index < -0.39 is 10.1 Å². The van der Waals surface area contributed by atoms with Gasteiger partial charge in [-0.1, -0.05) is 25.0 Å². The Labute approximate surface area is 198 Å². The lowest BCUT2D eigenvalue weighted by Gasteiger charge is -2.16. The van der Waals surface area contributed by atoms with E-state index in [1.165, 1.54) is 14.0 Å². The molecule has 9 heteroatoms. The summed E-state index contributed by atoms with van der Waals surface area (Å²) in [6, 6.07) is 5.95. The Morgan fingerprint density at radius 2 is 1.55 bits per heavy atom. The molecule has 0 amide bonds. The van der Waals surface area contributed by atoms with Crippen LogP contribution >= 0.6 is 0 Å². The minimum atomic E-state index is -3.38. The van der Waals surface area contributed by atoms with Gasteiger partial charge in [0.15, 0.2) is 0 Å². The summed E-state index contributed by atoms with van der Waals surface area (Å²) in [6.45, 7) is 2.59. The van der Waals surface area contributed by atoms with Gasteiger partial charge in [0, 0.05) is 13.3 Å². The largest absolute Gasteiger partial charge is 0.493 e. The number of hydrogen-bond acceptors (Lipinski definition) is 8. The second-order valence-corrected chi connectivity index (χ2v) is 9.55. The predicted molar refractivity (Wildman–Crippen MR) is 126 cm³/mol. The van der Waals surface area contributed by atoms with Gasteiger partial charge in [-0.25, -0.2) is 0 Å². The summed E-state index contributed by atoms with van der Waals surface area (Å²) in [5.74, 6) is 0.269. The van der Waals surface area contributed by atoms with Crippen LogP contribution < -0.4 is 4.74 Å². The van der Waals surface area contributed by atoms with Crippen LogP contribution in [0.1, 0.15) is 69.4 Å². The molecule has 0 fully saturated rings. The molecule has 0 atom stereocenters. The summed E-state index contributed by atoms with van der Waals surface area (Å²) in [6.07, 6.45) is 8.77. The maximum Gasteiger partial charge on any atom is 0.305 e. The highest BCUT2D eigenvalue weighted by molar-refractivity contribution is 7.85. The van der Waals surface area contributed by atoms with Gasteiger partial charge in [-0.15, -0.1) is 0 Å². The zero-order chi connectivity index (χ0) is 24.5. The molecule has 0 bridgehead atoms. The van der Waals surface area contributed by atoms with Crippen molar-refractivity contribution in [1.82, 2.24) is 0 Å². The summed E-state index contributed by atoms with van der Waals surface area (Å²) in [4.78, 5) is 22.5. The Bertz CT molecular complexity index is 820. The molecule has 0 aliphatic rings. The number of benzene rings is 1. The molecular weight excluding hydrogens is 448 g/mol. The summed E-state index contributed by atoms with van der Waals surface area (Å²) >= 11 is 0. The van der Waals surface area contributed by atoms with Crippen molar-refractivity contribution < 1.29 is 36.4 Å². The van der Waals surface area contributed by atoms with Gasteiger partial charge in [0.25, 0.3) is 10.1 Å². The fourth-order valence-corrected chi connectivity index (χ4v) is 3.77. The van der Waals surface area contributed by atoms with Crippen LogP contribution in [-0.4, -0.2) is 53.5 Å². The molecule has 0 aliphatic carbocycles. The normalized spacial score (nSPS) is 11.2. The van der Waals surface area contributed by atoms with Crippen molar-refractivity contribution in [3.8, 4) is 5.75 Å². The number of unbranched alkanes of at least 4 members (excludes halogenated alkanes) is 5. The molecule has 0 saturated heterocycles. The number of ether oxygens (including phenoxy) is 3. The van der Waals surface area contributed by atoms with Crippen LogP contribution in [0.2, 0.25) is 0 Å². The van der Waals surface area contributed by atoms with E-state index in [9.17, 15) is 18.0 Å². The highest BCUT2D eigenvalue weighted by Gasteiger charge is 2.12. The van der Waals surface area contributed by atoms with Crippen LogP contribution in [0.3, 0.4) is 0 Å². The van der Waals surface area contributed by atoms with E-state index in [2.05, 4.69) is 6.07 Å². The van der Waals surface area contributed by atoms with E-state index in [4.69, 9.17) is 18.4 Å². The molecule has 0 radical (unpaired) electrons. The third kappa shape index (κ3) is 14.6. The molecule has 0 N–H and O–H groups in total. The van der Waals surface area contributed by atoms with E-state index in [0.717, 1.165) is 68.1 Å². The lowest BCUT2D eigenvalue weighted by molar-refractivity contribution is -0.141. The molecule has 0 unspecified atom stereocenters. The SMILES string of the molecule is COC(=O)CCc1c(CCCCCCOS(C)(=O)=O)cccc1OCCCCCOC(C)=O. The monoisotopic (exact) mass is 486 g/mol. The first-order valence-electron chi connectivity index (χ1n) is 11.5. The summed E-state index contributed by atoms with van der Waals surface area (Å²) < 4.78 is 42.5. The molecule has 188 valence electrons. The molecule has 1 aromatic rings. The third-order valence-electron chi connectivity index (χ3n) is 5.03. The molecule has 0 aromatic heterocycles. The second kappa shape index (κ2) is 16.5. The number of carbonyl (C=O) groups excluding carboxylic acids is 2. The predicted octanol–water partition coefficient (Wildman–Crippen LogP) is 3.98. The molecule has 0 saturated carbocycles. The molecule has 1 aromatic carbocycles. The Kier molecular flexibility index (Phi) is 14.4. The first-order valence-corrected chi connectivity index (χ1v) is 13.3. The molecule has 8 nitrogen and oxygen atoms in total. The van der Waals surface area contributed by atoms with Crippen LogP contribution in [0.4, 0.5) is 0 Å². The molecule has 33 heavy (non-hydrogen) atoms. The van der Waals surface area contributed by atoms with Gasteiger partial charge in [-0.05, 0) is 62.1 Å². The van der Waals surface area contributed by atoms with E-state index in [1.807, 2.05) is 12.1 Å². The zero-order valence-corrected chi connectivity index (χ0v) is 20.9. The first kappa shape index (κ1) is 28.9. The molecule has 0 spiro atoms. The second-order valence-electron chi connectivity index (χ2n) is 7.91. The van der Waals surface area contributed by atoms with Crippen molar-refractivity contribution in [3.05, 3.63) is 29.3 Å². The van der Waals surface area contributed by atoms with Gasteiger partial charge >= 0.3 is 11.9 Å². The lowest BCUT2D eigenvalue weighted by Crippen LogP contribution is -2.08. The van der Waals surface area contributed by atoms with Crippen molar-refractivity contribution in [3.63, 3.8) is 0 Å². The Morgan fingerprint density at radius 3 is 2.24 bits per heavy atom. The van der Waals surface area contributed by atoms with Crippen molar-refractivity contribution in [2.75, 3.05) is 33.2 Å². The van der Waals surface area contributed by atoms with Crippen LogP contribution in [0.25, 0.3) is 0 Å². The van der Waals surface area contributed by atoms with Gasteiger partial charge in [0.2, 0.25) is 0 Å². The van der Waals surface area contributed by atoms with Crippen LogP contribution in [0.15, 0.2) is 18.2 Å². The molecule has 0 heterocycles. The highest BCUT2D eigenvalue weighted by Crippen LogP contribution is 2.26. The lowest BCUT2D eigenvalue weighted by atomic mass is 9.97. The minimum absolute atomic E-state index is 0.216. The van der Waals surface area contributed by atoms with Gasteiger partial charge in [-0.2, -0.15) is 8.42 Å². The number of rotatable bonds is 18. The smallest absolute Gasteiger partial charge is 0.305 e. The Morgan fingerprint density at radius 1 is 0.879 bits per heavy atom. The summed E-state index contributed by atoms with van der Waals surface area (Å²) in [5.41, 5.74) is 2.18. The number of carbonyl (C=O) groups is 2. The van der Waals surface area contributed by atoms with E-state index >= 15 is 0 Å². The number of methoxy groups -OCH3 is 1. The average Bonchev–Trinajstić information content (AvgIpc) is 2.75. The Hall–Kier alpha value is -2.13. The van der Waals surface area contributed by atoms with Crippen LogP contribution in [-0.2, 0) is 46.2 Å². The van der Waals surface area contributed by atoms with Crippen molar-refractivity contribution in [2.45, 2.75) is 71.1 Å². The summed E-state index contributed by atoms with van der Waals surface area (Å²) in [7, 11) is -1.99. The van der Waals surface area contributed by atoms with Gasteiger partial charge in [0.05, 0.1) is 33.2 Å². The first-order chi connectivity index (χ1) is 15.7. The maximum atomic E-state index is 11.7. The fourth-order valence-electron chi connectivity index (χ4n) is 3.35. The van der Waals surface area contributed by atoms with E-state index in [0.29, 0.717) is 26.1 Å². The van der Waals surface area contributed by atoms with Crippen molar-refractivity contribution in [1.29, 1.82) is 0 Å². The van der Waals surface area contributed by atoms with Gasteiger partial charge in [-0.3, -0.25) is 13.8 Å². The van der Waals surface area contributed by atoms with Crippen LogP contribution in [0, 0.1) is 0 Å². The number of aryl methyl sites for hydroxylation is 1. The topological polar surface area (TPSA) is 105 Å². The quantitative estimate of drug-likeness (QED) is 0.174. The molecule has 0 aliphatic heterocycles. The third-order valence-corrected chi connectivity index (χ3v) is 5.62. The number of hydrogen-bond donors (Lipinski definition) is 0. The molecule has 1 rings (SSSR count). The van der Waals surface area contributed by atoms with E-state index in [-0.39, 0.29) is 25.0 Å². The number of esters is 2. The minimum Gasteiger partial charge on any atom is -0.493 e. The van der Waals surface area contributed by atoms with Gasteiger partial charge in [0.1, 0.15) is 5.75 Å². The average molecular weight is 487 g/mol. The van der Waals surface area contributed by atoms with E-state index in [1.54, 1.807) is 0 Å². The maximum absolute atomic E-state index is 11.7. The van der Waals surface area contributed by atoms with Crippen molar-refractivity contribution >= 4 is 22.1 Å².